The minimum absolute atomic E-state index is 0.0384. The number of carbonyl (C=O) groups excluding carboxylic acids is 2. The van der Waals surface area contributed by atoms with Gasteiger partial charge >= 0.3 is 0 Å². The summed E-state index contributed by atoms with van der Waals surface area (Å²) >= 11 is 0. The second-order valence-corrected chi connectivity index (χ2v) is 7.00. The van der Waals surface area contributed by atoms with E-state index in [4.69, 9.17) is 9.47 Å². The summed E-state index contributed by atoms with van der Waals surface area (Å²) in [6.07, 6.45) is 1.42. The lowest BCUT2D eigenvalue weighted by molar-refractivity contribution is -0.154. The van der Waals surface area contributed by atoms with Crippen LogP contribution < -0.4 is 14.8 Å². The molecule has 1 spiro atoms. The summed E-state index contributed by atoms with van der Waals surface area (Å²) in [6, 6.07) is 5.48. The summed E-state index contributed by atoms with van der Waals surface area (Å²) in [5, 5.41) is 13.3. The Balaban J connectivity index is 1.48. The Hall–Kier alpha value is -2.28. The Morgan fingerprint density at radius 2 is 2.20 bits per heavy atom. The van der Waals surface area contributed by atoms with Gasteiger partial charge in [-0.3, -0.25) is 9.59 Å². The van der Waals surface area contributed by atoms with Gasteiger partial charge in [-0.15, -0.1) is 0 Å². The molecule has 1 aromatic carbocycles. The van der Waals surface area contributed by atoms with E-state index in [0.717, 1.165) is 12.0 Å². The third-order valence-corrected chi connectivity index (χ3v) is 5.47. The fourth-order valence-electron chi connectivity index (χ4n) is 3.99. The van der Waals surface area contributed by atoms with Crippen molar-refractivity contribution in [3.05, 3.63) is 23.8 Å². The molecule has 2 saturated heterocycles. The highest BCUT2D eigenvalue weighted by Gasteiger charge is 2.50. The molecule has 0 radical (unpaired) electrons. The first-order valence-electron chi connectivity index (χ1n) is 8.71. The number of hydrogen-bond acceptors (Lipinski definition) is 5. The fraction of sp³-hybridized carbons (Fsp3) is 0.556. The summed E-state index contributed by atoms with van der Waals surface area (Å²) in [7, 11) is 0. The summed E-state index contributed by atoms with van der Waals surface area (Å²) in [5.41, 5.74) is -0.0105. The van der Waals surface area contributed by atoms with Crippen LogP contribution in [0.15, 0.2) is 18.2 Å². The van der Waals surface area contributed by atoms with E-state index in [2.05, 4.69) is 5.32 Å². The number of aliphatic hydroxyl groups excluding tert-OH is 1. The number of ether oxygens (including phenoxy) is 2. The van der Waals surface area contributed by atoms with Crippen molar-refractivity contribution in [1.82, 2.24) is 10.2 Å². The molecule has 7 heteroatoms. The summed E-state index contributed by atoms with van der Waals surface area (Å²) in [6.45, 7) is 1.59. The van der Waals surface area contributed by atoms with Gasteiger partial charge in [0.1, 0.15) is 0 Å². The van der Waals surface area contributed by atoms with Gasteiger partial charge in [0.2, 0.25) is 18.6 Å². The molecule has 2 fully saturated rings. The topological polar surface area (TPSA) is 88.1 Å². The minimum Gasteiger partial charge on any atom is -0.454 e. The Labute approximate surface area is 145 Å². The normalized spacial score (nSPS) is 28.1. The molecule has 2 N–H and O–H groups in total. The van der Waals surface area contributed by atoms with Gasteiger partial charge in [0.05, 0.1) is 17.9 Å². The van der Waals surface area contributed by atoms with Crippen LogP contribution in [0.25, 0.3) is 0 Å². The molecule has 0 bridgehead atoms. The van der Waals surface area contributed by atoms with Crippen LogP contribution in [0.5, 0.6) is 11.5 Å². The zero-order valence-corrected chi connectivity index (χ0v) is 14.0. The fourth-order valence-corrected chi connectivity index (χ4v) is 3.99. The first kappa shape index (κ1) is 16.2. The lowest BCUT2D eigenvalue weighted by Crippen LogP contribution is -2.62. The number of likely N-dealkylation sites (tertiary alicyclic amines) is 1. The van der Waals surface area contributed by atoms with Gasteiger partial charge in [0.25, 0.3) is 0 Å². The van der Waals surface area contributed by atoms with E-state index in [1.807, 2.05) is 12.1 Å². The molecule has 0 unspecified atom stereocenters. The summed E-state index contributed by atoms with van der Waals surface area (Å²) < 4.78 is 10.6. The summed E-state index contributed by atoms with van der Waals surface area (Å²) in [4.78, 5) is 26.9. The average molecular weight is 346 g/mol. The van der Waals surface area contributed by atoms with Gasteiger partial charge in [-0.25, -0.2) is 0 Å². The van der Waals surface area contributed by atoms with E-state index >= 15 is 0 Å². The molecule has 0 aliphatic carbocycles. The number of hydrogen-bond donors (Lipinski definition) is 2. The maximum Gasteiger partial charge on any atom is 0.231 e. The average Bonchev–Trinajstić information content (AvgIpc) is 3.07. The standard InChI is InChI=1S/C18H22N2O5/c21-15-4-7-20(10-18(15)5-1-6-19-17(18)23)16(22)9-12-2-3-13-14(8-12)25-11-24-13/h2-3,8,15,21H,1,4-7,9-11H2,(H,19,23)/t15-,18+/m0/s1. The zero-order chi connectivity index (χ0) is 17.4. The molecule has 2 amide bonds. The highest BCUT2D eigenvalue weighted by molar-refractivity contribution is 5.86. The van der Waals surface area contributed by atoms with Crippen molar-refractivity contribution in [2.45, 2.75) is 31.8 Å². The molecule has 4 rings (SSSR count). The SMILES string of the molecule is O=C(Cc1ccc2c(c1)OCO2)N1CC[C@H](O)[C@@]2(CCCNC2=O)C1. The molecule has 7 nitrogen and oxygen atoms in total. The van der Waals surface area contributed by atoms with Crippen molar-refractivity contribution < 1.29 is 24.2 Å². The van der Waals surface area contributed by atoms with Crippen LogP contribution in [0.1, 0.15) is 24.8 Å². The molecular formula is C18H22N2O5. The second kappa shape index (κ2) is 6.22. The monoisotopic (exact) mass is 346 g/mol. The smallest absolute Gasteiger partial charge is 0.231 e. The molecule has 25 heavy (non-hydrogen) atoms. The van der Waals surface area contributed by atoms with E-state index in [1.165, 1.54) is 0 Å². The number of rotatable bonds is 2. The number of fused-ring (bicyclic) bond motifs is 1. The highest BCUT2D eigenvalue weighted by Crippen LogP contribution is 2.38. The van der Waals surface area contributed by atoms with Gasteiger partial charge in [-0.2, -0.15) is 0 Å². The third kappa shape index (κ3) is 2.82. The molecule has 1 aromatic rings. The molecule has 3 aliphatic rings. The van der Waals surface area contributed by atoms with E-state index in [9.17, 15) is 14.7 Å². The van der Waals surface area contributed by atoms with Gasteiger partial charge in [0.15, 0.2) is 11.5 Å². The number of carbonyl (C=O) groups is 2. The van der Waals surface area contributed by atoms with E-state index in [-0.39, 0.29) is 31.6 Å². The highest BCUT2D eigenvalue weighted by atomic mass is 16.7. The van der Waals surface area contributed by atoms with Crippen molar-refractivity contribution in [2.75, 3.05) is 26.4 Å². The number of piperidine rings is 2. The minimum atomic E-state index is -0.860. The molecule has 2 atom stereocenters. The quantitative estimate of drug-likeness (QED) is 0.812. The van der Waals surface area contributed by atoms with Crippen molar-refractivity contribution >= 4 is 11.8 Å². The number of amides is 2. The lowest BCUT2D eigenvalue weighted by atomic mass is 9.71. The first-order valence-corrected chi connectivity index (χ1v) is 8.71. The number of benzene rings is 1. The Kier molecular flexibility index (Phi) is 4.03. The van der Waals surface area contributed by atoms with E-state index in [1.54, 1.807) is 11.0 Å². The van der Waals surface area contributed by atoms with Crippen LogP contribution in [-0.4, -0.2) is 54.4 Å². The van der Waals surface area contributed by atoms with Gasteiger partial charge in [-0.05, 0) is 37.0 Å². The van der Waals surface area contributed by atoms with Crippen molar-refractivity contribution in [1.29, 1.82) is 0 Å². The largest absolute Gasteiger partial charge is 0.454 e. The van der Waals surface area contributed by atoms with Crippen LogP contribution in [0.4, 0.5) is 0 Å². The molecule has 134 valence electrons. The third-order valence-electron chi connectivity index (χ3n) is 5.47. The molecule has 0 aromatic heterocycles. The van der Waals surface area contributed by atoms with Crippen LogP contribution in [0.2, 0.25) is 0 Å². The van der Waals surface area contributed by atoms with E-state index in [0.29, 0.717) is 37.4 Å². The molecule has 0 saturated carbocycles. The van der Waals surface area contributed by atoms with Crippen molar-refractivity contribution in [3.8, 4) is 11.5 Å². The molecule has 3 aliphatic heterocycles. The number of nitrogens with zero attached hydrogens (tertiary/aromatic N) is 1. The predicted molar refractivity (Wildman–Crippen MR) is 88.1 cm³/mol. The summed E-state index contributed by atoms with van der Waals surface area (Å²) in [5.74, 6) is 1.17. The first-order chi connectivity index (χ1) is 12.1. The Morgan fingerprint density at radius 3 is 3.04 bits per heavy atom. The molecule has 3 heterocycles. The second-order valence-electron chi connectivity index (χ2n) is 7.00. The van der Waals surface area contributed by atoms with E-state index < -0.39 is 11.5 Å². The number of aliphatic hydroxyl groups is 1. The molecular weight excluding hydrogens is 324 g/mol. The Bertz CT molecular complexity index is 707. The van der Waals surface area contributed by atoms with Gasteiger partial charge in [-0.1, -0.05) is 6.07 Å². The number of nitrogens with one attached hydrogen (secondary N) is 1. The van der Waals surface area contributed by atoms with Crippen LogP contribution in [0, 0.1) is 5.41 Å². The van der Waals surface area contributed by atoms with Crippen LogP contribution in [0.3, 0.4) is 0 Å². The lowest BCUT2D eigenvalue weighted by Gasteiger charge is -2.46. The van der Waals surface area contributed by atoms with Gasteiger partial charge < -0.3 is 24.8 Å². The van der Waals surface area contributed by atoms with Crippen LogP contribution >= 0.6 is 0 Å². The maximum atomic E-state index is 12.7. The van der Waals surface area contributed by atoms with Crippen molar-refractivity contribution in [3.63, 3.8) is 0 Å². The van der Waals surface area contributed by atoms with Crippen molar-refractivity contribution in [2.24, 2.45) is 5.41 Å². The van der Waals surface area contributed by atoms with Crippen LogP contribution in [-0.2, 0) is 16.0 Å². The predicted octanol–water partition coefficient (Wildman–Crippen LogP) is 0.447. The van der Waals surface area contributed by atoms with Gasteiger partial charge in [0, 0.05) is 19.6 Å². The Morgan fingerprint density at radius 1 is 1.36 bits per heavy atom. The maximum absolute atomic E-state index is 12.7. The zero-order valence-electron chi connectivity index (χ0n) is 14.0.